The van der Waals surface area contributed by atoms with E-state index in [2.05, 4.69) is 144 Å². The van der Waals surface area contributed by atoms with Gasteiger partial charge in [0.05, 0.1) is 11.4 Å². The first-order valence-electron chi connectivity index (χ1n) is 17.5. The molecule has 4 nitrogen and oxygen atoms in total. The number of hydrogen-bond acceptors (Lipinski definition) is 4. The van der Waals surface area contributed by atoms with Crippen molar-refractivity contribution in [1.82, 2.24) is 0 Å². The second-order valence-corrected chi connectivity index (χ2v) is 13.2. The predicted molar refractivity (Wildman–Crippen MR) is 214 cm³/mol. The summed E-state index contributed by atoms with van der Waals surface area (Å²) in [5, 5.41) is 6.54. The average Bonchev–Trinajstić information content (AvgIpc) is 3.90. The average molecular weight is 668 g/mol. The number of nitrogens with zero attached hydrogens (tertiary/aromatic N) is 1. The summed E-state index contributed by atoms with van der Waals surface area (Å²) in [7, 11) is 0. The summed E-state index contributed by atoms with van der Waals surface area (Å²) < 4.78 is 19.7. The van der Waals surface area contributed by atoms with Gasteiger partial charge < -0.3 is 18.2 Å². The maximum absolute atomic E-state index is 6.96. The molecule has 0 unspecified atom stereocenters. The lowest BCUT2D eigenvalue weighted by Gasteiger charge is -2.26. The first-order valence-corrected chi connectivity index (χ1v) is 17.5. The minimum Gasteiger partial charge on any atom is -0.456 e. The predicted octanol–water partition coefficient (Wildman–Crippen LogP) is 14.2. The van der Waals surface area contributed by atoms with Crippen LogP contribution in [0.1, 0.15) is 0 Å². The fourth-order valence-corrected chi connectivity index (χ4v) is 7.94. The molecule has 244 valence electrons. The highest BCUT2D eigenvalue weighted by Crippen LogP contribution is 2.46. The number of fused-ring (bicyclic) bond motifs is 9. The monoisotopic (exact) mass is 667 g/mol. The molecule has 8 aromatic carbocycles. The molecule has 11 aromatic rings. The second-order valence-electron chi connectivity index (χ2n) is 13.2. The van der Waals surface area contributed by atoms with E-state index in [9.17, 15) is 0 Å². The molecule has 3 aromatic heterocycles. The third-order valence-corrected chi connectivity index (χ3v) is 10.3. The Hall–Kier alpha value is -7.04. The molecule has 0 saturated carbocycles. The van der Waals surface area contributed by atoms with Gasteiger partial charge in [0.1, 0.15) is 27.9 Å². The largest absolute Gasteiger partial charge is 0.456 e. The Morgan fingerprint density at radius 1 is 0.327 bits per heavy atom. The molecular weight excluding hydrogens is 639 g/mol. The fourth-order valence-electron chi connectivity index (χ4n) is 7.94. The van der Waals surface area contributed by atoms with Gasteiger partial charge >= 0.3 is 0 Å². The molecule has 0 atom stereocenters. The van der Waals surface area contributed by atoms with Crippen LogP contribution in [0, 0.1) is 0 Å². The molecule has 3 heterocycles. The van der Waals surface area contributed by atoms with Gasteiger partial charge in [-0.15, -0.1) is 0 Å². The van der Waals surface area contributed by atoms with E-state index < -0.39 is 0 Å². The molecule has 0 fully saturated rings. The van der Waals surface area contributed by atoms with Crippen molar-refractivity contribution in [3.8, 4) is 22.3 Å². The van der Waals surface area contributed by atoms with Crippen molar-refractivity contribution < 1.29 is 13.3 Å². The molecule has 0 saturated heterocycles. The molecule has 0 amide bonds. The minimum absolute atomic E-state index is 0.818. The van der Waals surface area contributed by atoms with Gasteiger partial charge in [-0.3, -0.25) is 0 Å². The van der Waals surface area contributed by atoms with E-state index in [4.69, 9.17) is 13.3 Å². The summed E-state index contributed by atoms with van der Waals surface area (Å²) in [5.74, 6) is 0. The van der Waals surface area contributed by atoms with E-state index in [0.717, 1.165) is 105 Å². The van der Waals surface area contributed by atoms with Crippen molar-refractivity contribution in [1.29, 1.82) is 0 Å². The third kappa shape index (κ3) is 4.34. The highest BCUT2D eigenvalue weighted by molar-refractivity contribution is 6.15. The zero-order valence-corrected chi connectivity index (χ0v) is 27.9. The number of para-hydroxylation sites is 4. The standard InChI is InChI=1S/C48H29NO3/c1-2-12-30(13-3-1)35-19-9-20-38-39-21-10-22-41(48(39)52-47(35)38)49(33-26-27-37-36-16-4-6-23-42(36)51-45(37)29-33)32-15-8-14-31(28-32)34-18-11-25-44-46(34)40-17-5-7-24-43(40)50-44/h1-29H. The van der Waals surface area contributed by atoms with Crippen molar-refractivity contribution in [3.63, 3.8) is 0 Å². The van der Waals surface area contributed by atoms with Gasteiger partial charge in [0.2, 0.25) is 0 Å². The summed E-state index contributed by atoms with van der Waals surface area (Å²) in [6.07, 6.45) is 0. The lowest BCUT2D eigenvalue weighted by molar-refractivity contribution is 0.668. The summed E-state index contributed by atoms with van der Waals surface area (Å²) in [6, 6.07) is 61.2. The normalized spacial score (nSPS) is 11.8. The van der Waals surface area contributed by atoms with Crippen LogP contribution in [-0.2, 0) is 0 Å². The molecule has 0 bridgehead atoms. The van der Waals surface area contributed by atoms with Crippen molar-refractivity contribution >= 4 is 82.9 Å². The molecule has 4 heteroatoms. The van der Waals surface area contributed by atoms with E-state index in [0.29, 0.717) is 0 Å². The maximum Gasteiger partial charge on any atom is 0.159 e. The van der Waals surface area contributed by atoms with Gasteiger partial charge in [-0.1, -0.05) is 121 Å². The van der Waals surface area contributed by atoms with Crippen LogP contribution in [0.15, 0.2) is 189 Å². The van der Waals surface area contributed by atoms with Gasteiger partial charge in [-0.25, -0.2) is 0 Å². The van der Waals surface area contributed by atoms with Gasteiger partial charge in [-0.2, -0.15) is 0 Å². The van der Waals surface area contributed by atoms with Gasteiger partial charge in [0.25, 0.3) is 0 Å². The zero-order chi connectivity index (χ0) is 34.2. The molecule has 0 radical (unpaired) electrons. The van der Waals surface area contributed by atoms with Gasteiger partial charge in [-0.05, 0) is 65.2 Å². The summed E-state index contributed by atoms with van der Waals surface area (Å²) >= 11 is 0. The number of anilines is 3. The summed E-state index contributed by atoms with van der Waals surface area (Å²) in [4.78, 5) is 2.29. The molecular formula is C48H29NO3. The van der Waals surface area contributed by atoms with E-state index >= 15 is 0 Å². The summed E-state index contributed by atoms with van der Waals surface area (Å²) in [6.45, 7) is 0. The Kier molecular flexibility index (Phi) is 6.22. The quantitative estimate of drug-likeness (QED) is 0.183. The first-order chi connectivity index (χ1) is 25.8. The van der Waals surface area contributed by atoms with Crippen LogP contribution in [0.25, 0.3) is 88.1 Å². The van der Waals surface area contributed by atoms with E-state index in [1.165, 1.54) is 0 Å². The van der Waals surface area contributed by atoms with Crippen LogP contribution in [0.5, 0.6) is 0 Å². The number of rotatable bonds is 5. The van der Waals surface area contributed by atoms with Crippen molar-refractivity contribution in [2.24, 2.45) is 0 Å². The van der Waals surface area contributed by atoms with Crippen LogP contribution < -0.4 is 4.90 Å². The van der Waals surface area contributed by atoms with Crippen LogP contribution in [-0.4, -0.2) is 0 Å². The van der Waals surface area contributed by atoms with E-state index in [-0.39, 0.29) is 0 Å². The Morgan fingerprint density at radius 3 is 1.81 bits per heavy atom. The van der Waals surface area contributed by atoms with Crippen molar-refractivity contribution in [2.45, 2.75) is 0 Å². The Balaban J connectivity index is 1.16. The topological polar surface area (TPSA) is 42.7 Å². The van der Waals surface area contributed by atoms with Crippen LogP contribution in [0.3, 0.4) is 0 Å². The Bertz CT molecular complexity index is 3150. The first kappa shape index (κ1) is 28.8. The summed E-state index contributed by atoms with van der Waals surface area (Å²) in [5.41, 5.74) is 12.4. The molecule has 11 rings (SSSR count). The lowest BCUT2D eigenvalue weighted by Crippen LogP contribution is -2.10. The van der Waals surface area contributed by atoms with Crippen LogP contribution in [0.4, 0.5) is 17.1 Å². The zero-order valence-electron chi connectivity index (χ0n) is 27.9. The number of benzene rings is 8. The SMILES string of the molecule is c1ccc(-c2cccc3c2oc2c(N(c4cccc(-c5cccc6oc7ccccc7c56)c4)c4ccc5c(c4)oc4ccccc45)cccc23)cc1. The van der Waals surface area contributed by atoms with Crippen molar-refractivity contribution in [2.75, 3.05) is 4.90 Å². The molecule has 0 aliphatic rings. The van der Waals surface area contributed by atoms with Gasteiger partial charge in [0.15, 0.2) is 5.58 Å². The molecule has 0 aliphatic heterocycles. The van der Waals surface area contributed by atoms with Gasteiger partial charge in [0, 0.05) is 49.6 Å². The van der Waals surface area contributed by atoms with E-state index in [1.54, 1.807) is 0 Å². The Labute approximate surface area is 298 Å². The third-order valence-electron chi connectivity index (χ3n) is 10.3. The lowest BCUT2D eigenvalue weighted by atomic mass is 9.98. The minimum atomic E-state index is 0.818. The van der Waals surface area contributed by atoms with Crippen LogP contribution >= 0.6 is 0 Å². The number of furan rings is 3. The van der Waals surface area contributed by atoms with Crippen molar-refractivity contribution in [3.05, 3.63) is 176 Å². The van der Waals surface area contributed by atoms with E-state index in [1.807, 2.05) is 36.4 Å². The molecule has 0 spiro atoms. The highest BCUT2D eigenvalue weighted by atomic mass is 16.3. The maximum atomic E-state index is 6.96. The second kappa shape index (κ2) is 11.2. The highest BCUT2D eigenvalue weighted by Gasteiger charge is 2.22. The Morgan fingerprint density at radius 2 is 0.923 bits per heavy atom. The van der Waals surface area contributed by atoms with Crippen LogP contribution in [0.2, 0.25) is 0 Å². The smallest absolute Gasteiger partial charge is 0.159 e. The fraction of sp³-hybridized carbons (Fsp3) is 0. The molecule has 52 heavy (non-hydrogen) atoms. The molecule has 0 N–H and O–H groups in total. The molecule has 0 aliphatic carbocycles. The number of hydrogen-bond donors (Lipinski definition) is 0.